The minimum atomic E-state index is -3.11. The van der Waals surface area contributed by atoms with Gasteiger partial charge >= 0.3 is 5.97 Å². The van der Waals surface area contributed by atoms with Gasteiger partial charge in [-0.3, -0.25) is 4.79 Å². The van der Waals surface area contributed by atoms with Gasteiger partial charge in [0.1, 0.15) is 5.41 Å². The maximum atomic E-state index is 13.1. The third-order valence-electron chi connectivity index (χ3n) is 2.96. The minimum absolute atomic E-state index is 0.103. The van der Waals surface area contributed by atoms with Gasteiger partial charge in [0.05, 0.1) is 0 Å². The van der Waals surface area contributed by atoms with E-state index in [4.69, 9.17) is 5.11 Å². The van der Waals surface area contributed by atoms with Gasteiger partial charge in [0, 0.05) is 6.92 Å². The molecule has 1 aliphatic rings. The molecular formula is C9H14F2O2. The Morgan fingerprint density at radius 3 is 2.00 bits per heavy atom. The van der Waals surface area contributed by atoms with E-state index < -0.39 is 17.3 Å². The lowest BCUT2D eigenvalue weighted by atomic mass is 9.70. The zero-order chi connectivity index (χ0) is 10.1. The molecule has 0 unspecified atom stereocenters. The molecule has 0 aromatic rings. The molecule has 4 heteroatoms. The number of alkyl halides is 2. The molecule has 13 heavy (non-hydrogen) atoms. The van der Waals surface area contributed by atoms with E-state index in [0.29, 0.717) is 19.8 Å². The van der Waals surface area contributed by atoms with Crippen molar-refractivity contribution in [3.8, 4) is 0 Å². The van der Waals surface area contributed by atoms with Crippen molar-refractivity contribution in [3.05, 3.63) is 0 Å². The highest BCUT2D eigenvalue weighted by Crippen LogP contribution is 2.47. The number of aliphatic carboxylic acids is 1. The number of carbonyl (C=O) groups is 1. The van der Waals surface area contributed by atoms with Crippen molar-refractivity contribution in [1.82, 2.24) is 0 Å². The zero-order valence-electron chi connectivity index (χ0n) is 7.65. The van der Waals surface area contributed by atoms with Gasteiger partial charge in [0.2, 0.25) is 0 Å². The van der Waals surface area contributed by atoms with Crippen molar-refractivity contribution < 1.29 is 18.7 Å². The Labute approximate surface area is 75.9 Å². The average Bonchev–Trinajstić information content (AvgIpc) is 2.03. The van der Waals surface area contributed by atoms with Crippen LogP contribution in [-0.4, -0.2) is 17.0 Å². The summed E-state index contributed by atoms with van der Waals surface area (Å²) in [5.74, 6) is -4.46. The predicted octanol–water partition coefficient (Wildman–Crippen LogP) is 2.68. The van der Waals surface area contributed by atoms with Gasteiger partial charge in [0.25, 0.3) is 5.92 Å². The Balaban J connectivity index is 2.93. The second-order valence-electron chi connectivity index (χ2n) is 3.84. The van der Waals surface area contributed by atoms with E-state index in [-0.39, 0.29) is 12.8 Å². The van der Waals surface area contributed by atoms with Crippen LogP contribution in [0.4, 0.5) is 8.78 Å². The van der Waals surface area contributed by atoms with E-state index >= 15 is 0 Å². The maximum Gasteiger partial charge on any atom is 0.315 e. The molecule has 2 nitrogen and oxygen atoms in total. The Kier molecular flexibility index (Phi) is 2.59. The highest BCUT2D eigenvalue weighted by atomic mass is 19.3. The van der Waals surface area contributed by atoms with Crippen molar-refractivity contribution >= 4 is 5.97 Å². The fourth-order valence-electron chi connectivity index (χ4n) is 2.00. The van der Waals surface area contributed by atoms with Gasteiger partial charge in [-0.05, 0) is 12.8 Å². The first-order valence-corrected chi connectivity index (χ1v) is 4.51. The predicted molar refractivity (Wildman–Crippen MR) is 43.8 cm³/mol. The van der Waals surface area contributed by atoms with Crippen LogP contribution in [0.1, 0.15) is 39.0 Å². The Morgan fingerprint density at radius 1 is 1.31 bits per heavy atom. The molecular weight excluding hydrogens is 178 g/mol. The number of hydrogen-bond donors (Lipinski definition) is 1. The Morgan fingerprint density at radius 2 is 1.77 bits per heavy atom. The van der Waals surface area contributed by atoms with E-state index in [1.807, 2.05) is 0 Å². The van der Waals surface area contributed by atoms with Gasteiger partial charge in [-0.1, -0.05) is 19.3 Å². The number of rotatable bonds is 2. The van der Waals surface area contributed by atoms with Crippen LogP contribution in [-0.2, 0) is 4.79 Å². The van der Waals surface area contributed by atoms with Crippen molar-refractivity contribution in [2.45, 2.75) is 45.0 Å². The number of carboxylic acid groups (broad SMARTS) is 1. The van der Waals surface area contributed by atoms with Crippen molar-refractivity contribution in [1.29, 1.82) is 0 Å². The molecule has 1 rings (SSSR count). The van der Waals surface area contributed by atoms with E-state index in [1.165, 1.54) is 0 Å². The van der Waals surface area contributed by atoms with Crippen molar-refractivity contribution in [2.75, 3.05) is 0 Å². The lowest BCUT2D eigenvalue weighted by Gasteiger charge is -2.37. The quantitative estimate of drug-likeness (QED) is 0.730. The summed E-state index contributed by atoms with van der Waals surface area (Å²) in [4.78, 5) is 10.8. The fourth-order valence-corrected chi connectivity index (χ4v) is 2.00. The average molecular weight is 192 g/mol. The SMILES string of the molecule is CC(F)(F)C1(C(=O)O)CCCCC1. The first-order valence-electron chi connectivity index (χ1n) is 4.51. The second-order valence-corrected chi connectivity index (χ2v) is 3.84. The van der Waals surface area contributed by atoms with Gasteiger partial charge in [-0.25, -0.2) is 8.78 Å². The molecule has 1 N–H and O–H groups in total. The highest BCUT2D eigenvalue weighted by molar-refractivity contribution is 5.76. The van der Waals surface area contributed by atoms with Crippen molar-refractivity contribution in [3.63, 3.8) is 0 Å². The van der Waals surface area contributed by atoms with Crippen LogP contribution in [0.25, 0.3) is 0 Å². The molecule has 0 heterocycles. The summed E-state index contributed by atoms with van der Waals surface area (Å²) in [6.07, 6.45) is 2.26. The molecule has 1 saturated carbocycles. The van der Waals surface area contributed by atoms with Gasteiger partial charge in [0.15, 0.2) is 0 Å². The first-order chi connectivity index (χ1) is 5.90. The van der Waals surface area contributed by atoms with E-state index in [9.17, 15) is 13.6 Å². The molecule has 0 spiro atoms. The maximum absolute atomic E-state index is 13.1. The third-order valence-corrected chi connectivity index (χ3v) is 2.96. The standard InChI is InChI=1S/C9H14F2O2/c1-8(10,11)9(7(12)13)5-3-2-4-6-9/h2-6H2,1H3,(H,12,13). The molecule has 1 aliphatic carbocycles. The molecule has 0 atom stereocenters. The Hall–Kier alpha value is -0.670. The summed E-state index contributed by atoms with van der Waals surface area (Å²) in [5.41, 5.74) is -1.80. The molecule has 0 aromatic heterocycles. The van der Waals surface area contributed by atoms with Crippen LogP contribution in [0.15, 0.2) is 0 Å². The summed E-state index contributed by atoms with van der Waals surface area (Å²) in [5, 5.41) is 8.84. The van der Waals surface area contributed by atoms with Crippen LogP contribution in [0.2, 0.25) is 0 Å². The van der Waals surface area contributed by atoms with Crippen LogP contribution in [0, 0.1) is 5.41 Å². The summed E-state index contributed by atoms with van der Waals surface area (Å²) < 4.78 is 26.3. The number of carboxylic acids is 1. The second kappa shape index (κ2) is 3.24. The third kappa shape index (κ3) is 1.67. The summed E-state index contributed by atoms with van der Waals surface area (Å²) >= 11 is 0. The molecule has 76 valence electrons. The van der Waals surface area contributed by atoms with E-state index in [1.54, 1.807) is 0 Å². The van der Waals surface area contributed by atoms with E-state index in [2.05, 4.69) is 0 Å². The number of halogens is 2. The van der Waals surface area contributed by atoms with Crippen LogP contribution < -0.4 is 0 Å². The molecule has 0 amide bonds. The smallest absolute Gasteiger partial charge is 0.315 e. The van der Waals surface area contributed by atoms with E-state index in [0.717, 1.165) is 6.42 Å². The zero-order valence-corrected chi connectivity index (χ0v) is 7.65. The topological polar surface area (TPSA) is 37.3 Å². The monoisotopic (exact) mass is 192 g/mol. The fraction of sp³-hybridized carbons (Fsp3) is 0.889. The van der Waals surface area contributed by atoms with Gasteiger partial charge < -0.3 is 5.11 Å². The lowest BCUT2D eigenvalue weighted by Crippen LogP contribution is -2.47. The molecule has 0 bridgehead atoms. The van der Waals surface area contributed by atoms with Crippen LogP contribution >= 0.6 is 0 Å². The van der Waals surface area contributed by atoms with Crippen molar-refractivity contribution in [2.24, 2.45) is 5.41 Å². The molecule has 1 fully saturated rings. The lowest BCUT2D eigenvalue weighted by molar-refractivity contribution is -0.181. The number of hydrogen-bond acceptors (Lipinski definition) is 1. The molecule has 0 aromatic carbocycles. The summed E-state index contributed by atoms with van der Waals surface area (Å²) in [6.45, 7) is 0.715. The Bertz CT molecular complexity index is 202. The molecule has 0 aliphatic heterocycles. The molecule has 0 saturated heterocycles. The summed E-state index contributed by atoms with van der Waals surface area (Å²) in [6, 6.07) is 0. The first kappa shape index (κ1) is 10.4. The summed E-state index contributed by atoms with van der Waals surface area (Å²) in [7, 11) is 0. The largest absolute Gasteiger partial charge is 0.481 e. The highest BCUT2D eigenvalue weighted by Gasteiger charge is 2.55. The molecule has 0 radical (unpaired) electrons. The van der Waals surface area contributed by atoms with Crippen LogP contribution in [0.3, 0.4) is 0 Å². The van der Waals surface area contributed by atoms with Gasteiger partial charge in [-0.2, -0.15) is 0 Å². The van der Waals surface area contributed by atoms with Crippen LogP contribution in [0.5, 0.6) is 0 Å². The van der Waals surface area contributed by atoms with Gasteiger partial charge in [-0.15, -0.1) is 0 Å². The minimum Gasteiger partial charge on any atom is -0.481 e. The normalized spacial score (nSPS) is 22.7.